The first-order valence-electron chi connectivity index (χ1n) is 10.6. The summed E-state index contributed by atoms with van der Waals surface area (Å²) in [4.78, 5) is 12.6. The molecular weight excluding hydrogens is 452 g/mol. The van der Waals surface area contributed by atoms with E-state index in [0.29, 0.717) is 16.0 Å². The second kappa shape index (κ2) is 9.81. The van der Waals surface area contributed by atoms with Gasteiger partial charge in [-0.15, -0.1) is 10.2 Å². The Bertz CT molecular complexity index is 1310. The van der Waals surface area contributed by atoms with Crippen LogP contribution in [0.2, 0.25) is 5.02 Å². The summed E-state index contributed by atoms with van der Waals surface area (Å²) in [6.07, 6.45) is 0. The zero-order chi connectivity index (χ0) is 23.5. The minimum atomic E-state index is -0.0917. The van der Waals surface area contributed by atoms with Crippen LogP contribution in [0.15, 0.2) is 65.8 Å². The number of benzene rings is 3. The van der Waals surface area contributed by atoms with E-state index in [2.05, 4.69) is 48.4 Å². The summed E-state index contributed by atoms with van der Waals surface area (Å²) in [5, 5.41) is 13.1. The molecule has 0 radical (unpaired) electrons. The van der Waals surface area contributed by atoms with Gasteiger partial charge in [0.05, 0.1) is 11.4 Å². The van der Waals surface area contributed by atoms with Gasteiger partial charge in [0.2, 0.25) is 5.91 Å². The van der Waals surface area contributed by atoms with Crippen molar-refractivity contribution in [2.24, 2.45) is 0 Å². The van der Waals surface area contributed by atoms with Gasteiger partial charge in [-0.1, -0.05) is 35.5 Å². The Morgan fingerprint density at radius 1 is 0.879 bits per heavy atom. The summed E-state index contributed by atoms with van der Waals surface area (Å²) in [6, 6.07) is 19.6. The van der Waals surface area contributed by atoms with Gasteiger partial charge in [0.1, 0.15) is 0 Å². The van der Waals surface area contributed by atoms with Crippen molar-refractivity contribution in [1.82, 2.24) is 14.8 Å². The third-order valence-corrected chi connectivity index (χ3v) is 6.79. The minimum Gasteiger partial charge on any atom is -0.325 e. The number of carbonyl (C=O) groups is 1. The van der Waals surface area contributed by atoms with E-state index in [1.54, 1.807) is 0 Å². The van der Waals surface area contributed by atoms with E-state index in [0.717, 1.165) is 22.5 Å². The quantitative estimate of drug-likeness (QED) is 0.320. The number of hydrogen-bond donors (Lipinski definition) is 1. The molecule has 0 saturated heterocycles. The van der Waals surface area contributed by atoms with Crippen molar-refractivity contribution in [1.29, 1.82) is 0 Å². The van der Waals surface area contributed by atoms with E-state index in [1.165, 1.54) is 28.5 Å². The summed E-state index contributed by atoms with van der Waals surface area (Å²) in [5.74, 6) is 0.828. The Morgan fingerprint density at radius 2 is 1.55 bits per heavy atom. The molecule has 1 N–H and O–H groups in total. The molecule has 1 aromatic heterocycles. The molecule has 168 valence electrons. The number of amides is 1. The lowest BCUT2D eigenvalue weighted by Crippen LogP contribution is -2.14. The van der Waals surface area contributed by atoms with Gasteiger partial charge < -0.3 is 5.32 Å². The van der Waals surface area contributed by atoms with Crippen molar-refractivity contribution in [3.63, 3.8) is 0 Å². The van der Waals surface area contributed by atoms with Gasteiger partial charge in [0, 0.05) is 16.3 Å². The number of thioether (sulfide) groups is 1. The van der Waals surface area contributed by atoms with Crippen molar-refractivity contribution >= 4 is 35.0 Å². The highest BCUT2D eigenvalue weighted by Gasteiger charge is 2.18. The molecule has 1 amide bonds. The van der Waals surface area contributed by atoms with Crippen LogP contribution in [-0.4, -0.2) is 26.4 Å². The summed E-state index contributed by atoms with van der Waals surface area (Å²) in [7, 11) is 0. The van der Waals surface area contributed by atoms with Crippen LogP contribution in [0, 0.1) is 27.7 Å². The molecule has 0 bridgehead atoms. The van der Waals surface area contributed by atoms with Crippen molar-refractivity contribution in [2.45, 2.75) is 32.9 Å². The number of halogens is 1. The average molecular weight is 477 g/mol. The molecule has 0 fully saturated rings. The first kappa shape index (κ1) is 23.1. The lowest BCUT2D eigenvalue weighted by atomic mass is 10.1. The maximum atomic E-state index is 12.6. The van der Waals surface area contributed by atoms with E-state index in [1.807, 2.05) is 60.0 Å². The van der Waals surface area contributed by atoms with E-state index in [4.69, 9.17) is 11.6 Å². The predicted molar refractivity (Wildman–Crippen MR) is 137 cm³/mol. The van der Waals surface area contributed by atoms with Gasteiger partial charge in [0.15, 0.2) is 11.0 Å². The van der Waals surface area contributed by atoms with Crippen LogP contribution in [0.1, 0.15) is 22.3 Å². The summed E-state index contributed by atoms with van der Waals surface area (Å²) in [5.41, 5.74) is 7.36. The number of hydrogen-bond acceptors (Lipinski definition) is 4. The molecule has 5 nitrogen and oxygen atoms in total. The lowest BCUT2D eigenvalue weighted by molar-refractivity contribution is -0.113. The highest BCUT2D eigenvalue weighted by Crippen LogP contribution is 2.29. The highest BCUT2D eigenvalue weighted by molar-refractivity contribution is 7.99. The smallest absolute Gasteiger partial charge is 0.234 e. The molecule has 0 aliphatic rings. The van der Waals surface area contributed by atoms with E-state index >= 15 is 0 Å². The molecule has 4 aromatic rings. The highest BCUT2D eigenvalue weighted by atomic mass is 35.5. The lowest BCUT2D eigenvalue weighted by Gasteiger charge is -2.12. The van der Waals surface area contributed by atoms with Crippen LogP contribution in [-0.2, 0) is 4.79 Å². The second-order valence-corrected chi connectivity index (χ2v) is 9.43. The normalized spacial score (nSPS) is 10.9. The molecule has 0 unspecified atom stereocenters. The van der Waals surface area contributed by atoms with Gasteiger partial charge >= 0.3 is 0 Å². The SMILES string of the molecule is Cc1ccc(NC(=O)CSc2nnc(-c3ccc(Cl)cc3)n2-c2ccc(C)c(C)c2)cc1C. The Labute approximate surface area is 203 Å². The number of carbonyl (C=O) groups excluding carboxylic acids is 1. The van der Waals surface area contributed by atoms with Crippen molar-refractivity contribution in [2.75, 3.05) is 11.1 Å². The molecule has 0 spiro atoms. The van der Waals surface area contributed by atoms with Crippen LogP contribution in [0.25, 0.3) is 17.1 Å². The standard InChI is InChI=1S/C26H25ClN4OS/c1-16-5-11-22(13-18(16)3)28-24(32)15-33-26-30-29-25(20-7-9-21(27)10-8-20)31(26)23-12-6-17(2)19(4)14-23/h5-14H,15H2,1-4H3,(H,28,32). The molecule has 0 saturated carbocycles. The molecule has 33 heavy (non-hydrogen) atoms. The van der Waals surface area contributed by atoms with Crippen molar-refractivity contribution < 1.29 is 4.79 Å². The van der Waals surface area contributed by atoms with Crippen LogP contribution >= 0.6 is 23.4 Å². The Hall–Kier alpha value is -3.09. The summed E-state index contributed by atoms with van der Waals surface area (Å²) < 4.78 is 1.99. The Kier molecular flexibility index (Phi) is 6.86. The maximum absolute atomic E-state index is 12.6. The van der Waals surface area contributed by atoms with Crippen molar-refractivity contribution in [3.8, 4) is 17.1 Å². The van der Waals surface area contributed by atoms with Gasteiger partial charge in [-0.25, -0.2) is 0 Å². The fraction of sp³-hybridized carbons (Fsp3) is 0.192. The zero-order valence-electron chi connectivity index (χ0n) is 19.0. The molecular formula is C26H25ClN4OS. The molecule has 7 heteroatoms. The number of aromatic nitrogens is 3. The summed E-state index contributed by atoms with van der Waals surface area (Å²) >= 11 is 7.43. The van der Waals surface area contributed by atoms with Gasteiger partial charge in [0.25, 0.3) is 0 Å². The van der Waals surface area contributed by atoms with Crippen LogP contribution in [0.4, 0.5) is 5.69 Å². The first-order valence-corrected chi connectivity index (χ1v) is 12.0. The Morgan fingerprint density at radius 3 is 2.21 bits per heavy atom. The monoisotopic (exact) mass is 476 g/mol. The molecule has 0 atom stereocenters. The molecule has 0 aliphatic heterocycles. The fourth-order valence-electron chi connectivity index (χ4n) is 3.39. The molecule has 4 rings (SSSR count). The number of anilines is 1. The zero-order valence-corrected chi connectivity index (χ0v) is 20.6. The van der Waals surface area contributed by atoms with Gasteiger partial charge in [-0.05, 0) is 98.5 Å². The predicted octanol–water partition coefficient (Wildman–Crippen LogP) is 6.55. The summed E-state index contributed by atoms with van der Waals surface area (Å²) in [6.45, 7) is 8.24. The number of nitrogens with one attached hydrogen (secondary N) is 1. The molecule has 1 heterocycles. The molecule has 0 aliphatic carbocycles. The minimum absolute atomic E-state index is 0.0917. The van der Waals surface area contributed by atoms with Gasteiger partial charge in [-0.3, -0.25) is 9.36 Å². The van der Waals surface area contributed by atoms with Crippen LogP contribution < -0.4 is 5.32 Å². The first-order chi connectivity index (χ1) is 15.8. The fourth-order valence-corrected chi connectivity index (χ4v) is 4.27. The third-order valence-electron chi connectivity index (χ3n) is 5.61. The average Bonchev–Trinajstić information content (AvgIpc) is 3.21. The third kappa shape index (κ3) is 5.29. The van der Waals surface area contributed by atoms with E-state index in [-0.39, 0.29) is 11.7 Å². The maximum Gasteiger partial charge on any atom is 0.234 e. The van der Waals surface area contributed by atoms with Crippen LogP contribution in [0.3, 0.4) is 0 Å². The molecule has 3 aromatic carbocycles. The Balaban J connectivity index is 1.62. The largest absolute Gasteiger partial charge is 0.325 e. The van der Waals surface area contributed by atoms with Crippen LogP contribution in [0.5, 0.6) is 0 Å². The van der Waals surface area contributed by atoms with Gasteiger partial charge in [-0.2, -0.15) is 0 Å². The number of rotatable bonds is 6. The van der Waals surface area contributed by atoms with Crippen molar-refractivity contribution in [3.05, 3.63) is 87.9 Å². The van der Waals surface area contributed by atoms with E-state index < -0.39 is 0 Å². The number of aryl methyl sites for hydroxylation is 4. The topological polar surface area (TPSA) is 59.8 Å². The number of nitrogens with zero attached hydrogens (tertiary/aromatic N) is 3. The second-order valence-electron chi connectivity index (χ2n) is 8.05. The van der Waals surface area contributed by atoms with E-state index in [9.17, 15) is 4.79 Å².